The van der Waals surface area contributed by atoms with Gasteiger partial charge in [-0.15, -0.1) is 0 Å². The van der Waals surface area contributed by atoms with Gasteiger partial charge in [0.1, 0.15) is 4.90 Å². The van der Waals surface area contributed by atoms with Gasteiger partial charge < -0.3 is 10.1 Å². The lowest BCUT2D eigenvalue weighted by Crippen LogP contribution is -2.44. The van der Waals surface area contributed by atoms with Crippen LogP contribution in [-0.4, -0.2) is 74.5 Å². The molecule has 2 atom stereocenters. The van der Waals surface area contributed by atoms with Gasteiger partial charge in [0.2, 0.25) is 10.0 Å². The number of likely N-dealkylation sites (tertiary alicyclic amines) is 1. The molecule has 0 aliphatic carbocycles. The van der Waals surface area contributed by atoms with Crippen LogP contribution in [0.25, 0.3) is 0 Å². The second kappa shape index (κ2) is 9.17. The van der Waals surface area contributed by atoms with Crippen LogP contribution in [0.4, 0.5) is 11.4 Å². The van der Waals surface area contributed by atoms with E-state index in [9.17, 15) is 18.5 Å². The molecule has 0 bridgehead atoms. The zero-order valence-electron chi connectivity index (χ0n) is 17.2. The molecule has 0 spiro atoms. The van der Waals surface area contributed by atoms with E-state index in [4.69, 9.17) is 4.74 Å². The number of hydrogen-bond donors (Lipinski definition) is 1. The number of nitrogens with one attached hydrogen (secondary N) is 1. The van der Waals surface area contributed by atoms with Crippen LogP contribution in [0.3, 0.4) is 0 Å². The van der Waals surface area contributed by atoms with Crippen LogP contribution in [0.2, 0.25) is 0 Å². The molecular weight excluding hydrogens is 408 g/mol. The molecule has 1 aromatic rings. The molecule has 0 saturated carbocycles. The summed E-state index contributed by atoms with van der Waals surface area (Å²) < 4.78 is 33.5. The molecule has 3 saturated heterocycles. The normalized spacial score (nSPS) is 24.3. The molecule has 1 N–H and O–H groups in total. The summed E-state index contributed by atoms with van der Waals surface area (Å²) >= 11 is 0. The number of nitro groups is 1. The van der Waals surface area contributed by atoms with Crippen molar-refractivity contribution in [3.05, 3.63) is 28.3 Å². The zero-order valence-corrected chi connectivity index (χ0v) is 18.0. The summed E-state index contributed by atoms with van der Waals surface area (Å²) in [5, 5.41) is 14.6. The Morgan fingerprint density at radius 1 is 1.17 bits per heavy atom. The van der Waals surface area contributed by atoms with Gasteiger partial charge in [-0.25, -0.2) is 8.42 Å². The fraction of sp³-hybridized carbons (Fsp3) is 0.700. The molecule has 9 nitrogen and oxygen atoms in total. The molecule has 3 heterocycles. The lowest BCUT2D eigenvalue weighted by molar-refractivity contribution is -0.385. The number of non-ortho nitro benzene ring substituents is 1. The highest BCUT2D eigenvalue weighted by Crippen LogP contribution is 2.32. The van der Waals surface area contributed by atoms with E-state index < -0.39 is 14.9 Å². The first-order valence-corrected chi connectivity index (χ1v) is 12.2. The Hall–Kier alpha value is -1.75. The van der Waals surface area contributed by atoms with Crippen LogP contribution in [0.1, 0.15) is 32.1 Å². The topological polar surface area (TPSA) is 105 Å². The Kier molecular flexibility index (Phi) is 6.57. The average molecular weight is 439 g/mol. The van der Waals surface area contributed by atoms with Crippen molar-refractivity contribution in [2.24, 2.45) is 5.92 Å². The Morgan fingerprint density at radius 3 is 2.50 bits per heavy atom. The van der Waals surface area contributed by atoms with Crippen molar-refractivity contribution in [1.29, 1.82) is 0 Å². The third kappa shape index (κ3) is 4.46. The molecule has 3 fully saturated rings. The summed E-state index contributed by atoms with van der Waals surface area (Å²) in [6, 6.07) is 4.36. The van der Waals surface area contributed by atoms with Crippen LogP contribution >= 0.6 is 0 Å². The van der Waals surface area contributed by atoms with Gasteiger partial charge >= 0.3 is 0 Å². The van der Waals surface area contributed by atoms with Crippen molar-refractivity contribution in [1.82, 2.24) is 9.21 Å². The number of hydrogen-bond acceptors (Lipinski definition) is 7. The molecule has 3 aliphatic rings. The predicted molar refractivity (Wildman–Crippen MR) is 113 cm³/mol. The molecular formula is C20H30N4O5S. The molecule has 4 rings (SSSR count). The molecule has 10 heteroatoms. The van der Waals surface area contributed by atoms with Crippen LogP contribution in [0.15, 0.2) is 23.1 Å². The average Bonchev–Trinajstić information content (AvgIpc) is 3.51. The maximum absolute atomic E-state index is 13.2. The first kappa shape index (κ1) is 21.5. The maximum Gasteiger partial charge on any atom is 0.270 e. The number of nitrogens with zero attached hydrogens (tertiary/aromatic N) is 3. The lowest BCUT2D eigenvalue weighted by atomic mass is 9.97. The Balaban J connectivity index is 1.60. The smallest absolute Gasteiger partial charge is 0.270 e. The Bertz CT molecular complexity index is 844. The third-order valence-electron chi connectivity index (χ3n) is 6.48. The molecule has 0 aromatic heterocycles. The van der Waals surface area contributed by atoms with Gasteiger partial charge in [0.05, 0.1) is 17.2 Å². The van der Waals surface area contributed by atoms with E-state index in [2.05, 4.69) is 10.2 Å². The highest BCUT2D eigenvalue weighted by atomic mass is 32.2. The fourth-order valence-corrected chi connectivity index (χ4v) is 6.49. The van der Waals surface area contributed by atoms with Crippen molar-refractivity contribution in [2.45, 2.75) is 43.0 Å². The predicted octanol–water partition coefficient (Wildman–Crippen LogP) is 2.29. The van der Waals surface area contributed by atoms with E-state index in [1.54, 1.807) is 0 Å². The summed E-state index contributed by atoms with van der Waals surface area (Å²) in [5.41, 5.74) is 0.231. The number of ether oxygens (including phenoxy) is 1. The zero-order chi connectivity index (χ0) is 21.1. The fourth-order valence-electron chi connectivity index (χ4n) is 4.79. The number of rotatable bonds is 8. The van der Waals surface area contributed by atoms with Gasteiger partial charge in [-0.1, -0.05) is 0 Å². The molecule has 166 valence electrons. The molecule has 0 radical (unpaired) electrons. The minimum Gasteiger partial charge on any atom is -0.382 e. The molecule has 0 amide bonds. The minimum absolute atomic E-state index is 0.00134. The summed E-state index contributed by atoms with van der Waals surface area (Å²) in [7, 11) is -3.78. The lowest BCUT2D eigenvalue weighted by Gasteiger charge is -2.32. The van der Waals surface area contributed by atoms with E-state index in [1.165, 1.54) is 35.3 Å². The Morgan fingerprint density at radius 2 is 1.87 bits per heavy atom. The highest BCUT2D eigenvalue weighted by Gasteiger charge is 2.34. The Labute approximate surface area is 177 Å². The second-order valence-corrected chi connectivity index (χ2v) is 10.3. The first-order chi connectivity index (χ1) is 14.5. The second-order valence-electron chi connectivity index (χ2n) is 8.36. The molecule has 30 heavy (non-hydrogen) atoms. The van der Waals surface area contributed by atoms with E-state index in [0.717, 1.165) is 45.6 Å². The first-order valence-electron chi connectivity index (χ1n) is 10.8. The van der Waals surface area contributed by atoms with Crippen molar-refractivity contribution in [2.75, 3.05) is 51.3 Å². The highest BCUT2D eigenvalue weighted by molar-refractivity contribution is 7.89. The number of sulfonamides is 1. The monoisotopic (exact) mass is 438 g/mol. The van der Waals surface area contributed by atoms with Crippen LogP contribution in [0.5, 0.6) is 0 Å². The van der Waals surface area contributed by atoms with Crippen molar-refractivity contribution in [3.63, 3.8) is 0 Å². The number of anilines is 1. The van der Waals surface area contributed by atoms with Crippen molar-refractivity contribution in [3.8, 4) is 0 Å². The largest absolute Gasteiger partial charge is 0.382 e. The molecule has 1 aromatic carbocycles. The summed E-state index contributed by atoms with van der Waals surface area (Å²) in [6.45, 7) is 5.09. The minimum atomic E-state index is -3.78. The van der Waals surface area contributed by atoms with E-state index in [0.29, 0.717) is 31.2 Å². The maximum atomic E-state index is 13.2. The summed E-state index contributed by atoms with van der Waals surface area (Å²) in [6.07, 6.45) is 4.99. The van der Waals surface area contributed by atoms with Crippen molar-refractivity contribution >= 4 is 21.4 Å². The quantitative estimate of drug-likeness (QED) is 0.490. The van der Waals surface area contributed by atoms with E-state index in [-0.39, 0.29) is 16.6 Å². The van der Waals surface area contributed by atoms with Gasteiger partial charge in [-0.2, -0.15) is 4.31 Å². The van der Waals surface area contributed by atoms with Crippen LogP contribution < -0.4 is 5.32 Å². The summed E-state index contributed by atoms with van der Waals surface area (Å²) in [5.74, 6) is 0.410. The van der Waals surface area contributed by atoms with E-state index in [1.807, 2.05) is 0 Å². The summed E-state index contributed by atoms with van der Waals surface area (Å²) in [4.78, 5) is 13.2. The standard InChI is InChI=1S/C20H30N4O5S/c25-24(26)17-5-6-18(20(13-17)30(27,28)23-10-3-4-11-23)21-14-19(16-7-12-29-15-16)22-8-1-2-9-22/h5-6,13,16,19,21H,1-4,7-12,14-15H2/t16-,19+/m1/s1. The van der Waals surface area contributed by atoms with Gasteiger partial charge in [0.15, 0.2) is 0 Å². The van der Waals surface area contributed by atoms with Gasteiger partial charge in [0, 0.05) is 50.3 Å². The van der Waals surface area contributed by atoms with Gasteiger partial charge in [-0.05, 0) is 51.3 Å². The number of nitro benzene ring substituents is 1. The van der Waals surface area contributed by atoms with Gasteiger partial charge in [0.25, 0.3) is 5.69 Å². The number of benzene rings is 1. The third-order valence-corrected chi connectivity index (χ3v) is 8.42. The SMILES string of the molecule is O=[N+]([O-])c1ccc(NC[C@@H]([C@@H]2CCOC2)N2CCCC2)c(S(=O)(=O)N2CCCC2)c1. The van der Waals surface area contributed by atoms with Crippen molar-refractivity contribution < 1.29 is 18.1 Å². The van der Waals surface area contributed by atoms with Crippen LogP contribution in [0, 0.1) is 16.0 Å². The van der Waals surface area contributed by atoms with Crippen LogP contribution in [-0.2, 0) is 14.8 Å². The van der Waals surface area contributed by atoms with E-state index >= 15 is 0 Å². The van der Waals surface area contributed by atoms with Gasteiger partial charge in [-0.3, -0.25) is 15.0 Å². The molecule has 0 unspecified atom stereocenters. The molecule has 3 aliphatic heterocycles.